The van der Waals surface area contributed by atoms with Crippen LogP contribution in [0.3, 0.4) is 0 Å². The zero-order valence-electron chi connectivity index (χ0n) is 50.6. The highest BCUT2D eigenvalue weighted by molar-refractivity contribution is 7.88. The van der Waals surface area contributed by atoms with Crippen molar-refractivity contribution in [3.05, 3.63) is 142 Å². The number of carbonyl (C=O) groups is 5. The molecule has 22 heteroatoms. The van der Waals surface area contributed by atoms with Crippen LogP contribution in [-0.4, -0.2) is 166 Å². The van der Waals surface area contributed by atoms with Crippen LogP contribution >= 0.6 is 0 Å². The Bertz CT molecular complexity index is 4020. The third-order valence-corrected chi connectivity index (χ3v) is 20.9. The van der Waals surface area contributed by atoms with Gasteiger partial charge in [0.2, 0.25) is 0 Å². The SMILES string of the molecule is C=CCNC(=O)N1CCN(C(=O)C2=Cc3ccccc3-c3c(C4CCCCC4)c4ccc(C(=O)NS(=O)(=O)N(C)C)cc4n3C2)CC1.CN(C)S(=O)(=O)NC(=O)c1ccc2c(C3CCCCC3)c3n(c2c1)CC(C(=O)N1CCNCC1)=Cc1ccccc1-3. The number of nitrogens with zero attached hydrogens (tertiary/aromatic N) is 7. The van der Waals surface area contributed by atoms with Gasteiger partial charge in [0.15, 0.2) is 0 Å². The summed E-state index contributed by atoms with van der Waals surface area (Å²) in [5.74, 6) is -0.771. The quantitative estimate of drug-likeness (QED) is 0.0862. The Labute approximate surface area is 515 Å². The summed E-state index contributed by atoms with van der Waals surface area (Å²) < 4.78 is 60.4. The van der Waals surface area contributed by atoms with Crippen LogP contribution in [0.4, 0.5) is 4.79 Å². The van der Waals surface area contributed by atoms with Gasteiger partial charge < -0.3 is 34.5 Å². The van der Waals surface area contributed by atoms with Gasteiger partial charge in [-0.05, 0) is 96.2 Å². The van der Waals surface area contributed by atoms with Gasteiger partial charge in [0.1, 0.15) is 0 Å². The van der Waals surface area contributed by atoms with Crippen LogP contribution in [0.1, 0.15) is 119 Å². The molecular weight excluding hydrogens is 1150 g/mol. The fourth-order valence-electron chi connectivity index (χ4n) is 13.5. The normalized spacial score (nSPS) is 17.5. The molecule has 0 spiro atoms. The molecule has 4 aliphatic heterocycles. The van der Waals surface area contributed by atoms with Gasteiger partial charge >= 0.3 is 26.4 Å². The van der Waals surface area contributed by atoms with E-state index in [4.69, 9.17) is 0 Å². The molecule has 0 atom stereocenters. The molecular formula is C66H79N11O9S2. The average Bonchev–Trinajstić information content (AvgIpc) is 1.71. The number of nitrogens with one attached hydrogen (secondary N) is 4. The van der Waals surface area contributed by atoms with Crippen LogP contribution in [0.25, 0.3) is 56.5 Å². The second kappa shape index (κ2) is 26.1. The summed E-state index contributed by atoms with van der Waals surface area (Å²) >= 11 is 0. The summed E-state index contributed by atoms with van der Waals surface area (Å²) in [5, 5.41) is 8.20. The molecule has 2 aliphatic carbocycles. The van der Waals surface area contributed by atoms with Crippen molar-refractivity contribution in [3.8, 4) is 22.5 Å². The Morgan fingerprint density at radius 3 is 1.39 bits per heavy atom. The Kier molecular flexibility index (Phi) is 18.3. The average molecular weight is 1230 g/mol. The van der Waals surface area contributed by atoms with E-state index in [-0.39, 0.29) is 35.5 Å². The lowest BCUT2D eigenvalue weighted by Crippen LogP contribution is -2.53. The first-order valence-corrected chi connectivity index (χ1v) is 33.6. The molecule has 2 saturated carbocycles. The summed E-state index contributed by atoms with van der Waals surface area (Å²) in [7, 11) is -2.45. The van der Waals surface area contributed by atoms with Crippen LogP contribution in [0.5, 0.6) is 0 Å². The Hall–Kier alpha value is -7.89. The van der Waals surface area contributed by atoms with Gasteiger partial charge in [-0.1, -0.05) is 105 Å². The number of urea groups is 1. The molecule has 2 aromatic heterocycles. The van der Waals surface area contributed by atoms with Crippen molar-refractivity contribution in [2.45, 2.75) is 89.1 Å². The molecule has 464 valence electrons. The number of piperazine rings is 2. The van der Waals surface area contributed by atoms with Gasteiger partial charge in [-0.15, -0.1) is 6.58 Å². The molecule has 0 radical (unpaired) electrons. The summed E-state index contributed by atoms with van der Waals surface area (Å²) in [6.45, 7) is 9.23. The highest BCUT2D eigenvalue weighted by atomic mass is 32.2. The summed E-state index contributed by atoms with van der Waals surface area (Å²) in [6.07, 6.45) is 17.0. The molecule has 20 nitrogen and oxygen atoms in total. The molecule has 4 aromatic carbocycles. The van der Waals surface area contributed by atoms with E-state index in [1.54, 1.807) is 40.1 Å². The van der Waals surface area contributed by atoms with Crippen molar-refractivity contribution in [1.82, 2.24) is 52.5 Å². The Balaban J connectivity index is 0.000000184. The maximum Gasteiger partial charge on any atom is 0.317 e. The van der Waals surface area contributed by atoms with Crippen molar-refractivity contribution in [2.24, 2.45) is 0 Å². The fourth-order valence-corrected chi connectivity index (χ4v) is 14.6. The van der Waals surface area contributed by atoms with E-state index in [2.05, 4.69) is 54.0 Å². The second-order valence-electron chi connectivity index (χ2n) is 24.1. The highest BCUT2D eigenvalue weighted by Gasteiger charge is 2.35. The van der Waals surface area contributed by atoms with Crippen molar-refractivity contribution in [1.29, 1.82) is 0 Å². The van der Waals surface area contributed by atoms with Crippen LogP contribution in [-0.2, 0) is 43.1 Å². The lowest BCUT2D eigenvalue weighted by Gasteiger charge is -2.35. The van der Waals surface area contributed by atoms with E-state index < -0.39 is 32.2 Å². The molecule has 6 heterocycles. The third kappa shape index (κ3) is 12.6. The van der Waals surface area contributed by atoms with E-state index in [0.717, 1.165) is 116 Å². The molecule has 4 N–H and O–H groups in total. The minimum absolute atomic E-state index is 0.0289. The maximum absolute atomic E-state index is 14.2. The van der Waals surface area contributed by atoms with Crippen LogP contribution in [0, 0.1) is 0 Å². The van der Waals surface area contributed by atoms with Gasteiger partial charge in [-0.2, -0.15) is 25.4 Å². The number of hydrogen-bond acceptors (Lipinski definition) is 10. The molecule has 6 aliphatic rings. The number of fused-ring (bicyclic) bond motifs is 10. The summed E-state index contributed by atoms with van der Waals surface area (Å²) in [5.41, 5.74) is 12.1. The molecule has 0 unspecified atom stereocenters. The Morgan fingerprint density at radius 2 is 0.966 bits per heavy atom. The van der Waals surface area contributed by atoms with E-state index in [0.29, 0.717) is 75.3 Å². The number of amides is 6. The van der Waals surface area contributed by atoms with Gasteiger partial charge in [0.05, 0.1) is 24.5 Å². The number of rotatable bonds is 12. The number of hydrogen-bond donors (Lipinski definition) is 4. The largest absolute Gasteiger partial charge is 0.336 e. The predicted molar refractivity (Wildman–Crippen MR) is 344 cm³/mol. The molecule has 12 rings (SSSR count). The van der Waals surface area contributed by atoms with E-state index in [1.807, 2.05) is 59.5 Å². The van der Waals surface area contributed by atoms with Gasteiger partial charge in [-0.25, -0.2) is 14.2 Å². The molecule has 6 aromatic rings. The monoisotopic (exact) mass is 1230 g/mol. The van der Waals surface area contributed by atoms with E-state index >= 15 is 0 Å². The fraction of sp³-hybridized carbons (Fsp3) is 0.409. The van der Waals surface area contributed by atoms with Crippen molar-refractivity contribution < 1.29 is 40.8 Å². The topological polar surface area (TPSA) is 228 Å². The smallest absolute Gasteiger partial charge is 0.317 e. The summed E-state index contributed by atoms with van der Waals surface area (Å²) in [4.78, 5) is 72.3. The Morgan fingerprint density at radius 1 is 0.557 bits per heavy atom. The van der Waals surface area contributed by atoms with Crippen molar-refractivity contribution >= 4 is 84.0 Å². The van der Waals surface area contributed by atoms with E-state index in [1.165, 1.54) is 65.0 Å². The third-order valence-electron chi connectivity index (χ3n) is 18.1. The first kappa shape index (κ1) is 61.7. The number of carbonyl (C=O) groups excluding carboxylic acids is 5. The first-order chi connectivity index (χ1) is 42.3. The van der Waals surface area contributed by atoms with Crippen LogP contribution in [0.15, 0.2) is 109 Å². The molecule has 0 bridgehead atoms. The van der Waals surface area contributed by atoms with Gasteiger partial charge in [-0.3, -0.25) is 19.2 Å². The number of benzene rings is 4. The zero-order valence-corrected chi connectivity index (χ0v) is 52.3. The van der Waals surface area contributed by atoms with Gasteiger partial charge in [0.25, 0.3) is 23.6 Å². The van der Waals surface area contributed by atoms with E-state index in [9.17, 15) is 40.8 Å². The van der Waals surface area contributed by atoms with Crippen molar-refractivity contribution in [3.63, 3.8) is 0 Å². The highest BCUT2D eigenvalue weighted by Crippen LogP contribution is 2.49. The lowest BCUT2D eigenvalue weighted by atomic mass is 9.81. The zero-order chi connectivity index (χ0) is 62.0. The number of aromatic nitrogens is 2. The molecule has 88 heavy (non-hydrogen) atoms. The standard InChI is InChI=1S/C35H42N6O5S.C31H37N5O4S/c1-4-16-36-35(44)40-19-17-39(18-20-40)34(43)27-21-25-12-8-9-13-28(25)32-31(24-10-6-5-7-11-24)29-15-14-26(22-30(29)41(32)23-27)33(42)37-47(45,46)38(2)3;1-34(2)41(39,40)33-30(37)23-12-13-26-27(19-23)36-20-24(31(38)35-16-14-32-15-17-35)18-22-10-6-7-11-25(22)29(36)28(26)21-8-4-3-5-9-21/h4,8-9,12-15,21-22,24H,1,5-7,10-11,16-20,23H2,2-3H3,(H,36,44)(H,37,42);6-7,10-13,18-19,21,32H,3-5,8-9,14-17,20H2,1-2H3,(H,33,37). The summed E-state index contributed by atoms with van der Waals surface area (Å²) in [6, 6.07) is 27.0. The van der Waals surface area contributed by atoms with Gasteiger partial charge in [0, 0.05) is 142 Å². The molecule has 6 amide bonds. The van der Waals surface area contributed by atoms with Crippen molar-refractivity contribution in [2.75, 3.05) is 87.1 Å². The first-order valence-electron chi connectivity index (χ1n) is 30.7. The minimum atomic E-state index is -3.99. The minimum Gasteiger partial charge on any atom is -0.336 e. The van der Waals surface area contributed by atoms with Crippen LogP contribution < -0.4 is 20.1 Å². The second-order valence-corrected chi connectivity index (χ2v) is 27.8. The predicted octanol–water partition coefficient (Wildman–Crippen LogP) is 8.05. The molecule has 4 fully saturated rings. The lowest BCUT2D eigenvalue weighted by molar-refractivity contribution is -0.129. The maximum atomic E-state index is 14.2. The van der Waals surface area contributed by atoms with Crippen LogP contribution in [0.2, 0.25) is 0 Å². The molecule has 2 saturated heterocycles.